The van der Waals surface area contributed by atoms with E-state index in [0.29, 0.717) is 11.4 Å². The molecule has 7 heteroatoms. The minimum Gasteiger partial charge on any atom is -0.548 e. The number of benzene rings is 1. The van der Waals surface area contributed by atoms with E-state index in [9.17, 15) is 18.3 Å². The van der Waals surface area contributed by atoms with Crippen LogP contribution in [0.5, 0.6) is 0 Å². The van der Waals surface area contributed by atoms with Crippen molar-refractivity contribution in [1.29, 1.82) is 0 Å². The molecule has 18 heavy (non-hydrogen) atoms. The van der Waals surface area contributed by atoms with Crippen LogP contribution in [0.15, 0.2) is 29.2 Å². The number of hydrogen-bond donors (Lipinski definition) is 0. The van der Waals surface area contributed by atoms with E-state index in [2.05, 4.69) is 0 Å². The molecular formula is C11H11ClNO4S-. The zero-order valence-electron chi connectivity index (χ0n) is 9.37. The standard InChI is InChI=1S/C11H12ClNO4S/c12-8-3-5-9(6-4-8)18(16,17)13-7-1-2-10(13)11(14)15/h3-6,10H,1-2,7H2,(H,14,15)/p-1/t10-/m0/s1. The van der Waals surface area contributed by atoms with Gasteiger partial charge >= 0.3 is 0 Å². The number of carbonyl (C=O) groups excluding carboxylic acids is 1. The smallest absolute Gasteiger partial charge is 0.243 e. The van der Waals surface area contributed by atoms with Crippen molar-refractivity contribution in [2.75, 3.05) is 6.54 Å². The maximum absolute atomic E-state index is 12.3. The number of hydrogen-bond acceptors (Lipinski definition) is 4. The third-order valence-corrected chi connectivity index (χ3v) is 5.07. The molecule has 0 radical (unpaired) electrons. The van der Waals surface area contributed by atoms with Crippen molar-refractivity contribution >= 4 is 27.6 Å². The fourth-order valence-electron chi connectivity index (χ4n) is 2.01. The first-order chi connectivity index (χ1) is 8.43. The van der Waals surface area contributed by atoms with Crippen LogP contribution in [0.1, 0.15) is 12.8 Å². The van der Waals surface area contributed by atoms with Gasteiger partial charge in [0.2, 0.25) is 10.0 Å². The van der Waals surface area contributed by atoms with Crippen LogP contribution in [0.25, 0.3) is 0 Å². The normalized spacial score (nSPS) is 21.1. The van der Waals surface area contributed by atoms with Gasteiger partial charge in [-0.1, -0.05) is 11.6 Å². The lowest BCUT2D eigenvalue weighted by Gasteiger charge is -2.24. The third-order valence-electron chi connectivity index (χ3n) is 2.90. The van der Waals surface area contributed by atoms with Crippen LogP contribution >= 0.6 is 11.6 Å². The summed E-state index contributed by atoms with van der Waals surface area (Å²) < 4.78 is 25.5. The van der Waals surface area contributed by atoms with E-state index in [4.69, 9.17) is 11.6 Å². The summed E-state index contributed by atoms with van der Waals surface area (Å²) in [6.45, 7) is 0.198. The highest BCUT2D eigenvalue weighted by Gasteiger charge is 2.35. The average molecular weight is 289 g/mol. The van der Waals surface area contributed by atoms with Crippen molar-refractivity contribution in [3.8, 4) is 0 Å². The molecule has 1 aromatic rings. The first-order valence-corrected chi connectivity index (χ1v) is 7.23. The molecule has 0 unspecified atom stereocenters. The minimum atomic E-state index is -3.80. The monoisotopic (exact) mass is 288 g/mol. The SMILES string of the molecule is O=C([O-])[C@@H]1CCCN1S(=O)(=O)c1ccc(Cl)cc1. The molecule has 1 heterocycles. The summed E-state index contributed by atoms with van der Waals surface area (Å²) in [4.78, 5) is 10.9. The third kappa shape index (κ3) is 2.36. The minimum absolute atomic E-state index is 0.0417. The second kappa shape index (κ2) is 4.87. The van der Waals surface area contributed by atoms with Crippen molar-refractivity contribution < 1.29 is 18.3 Å². The fraction of sp³-hybridized carbons (Fsp3) is 0.364. The topological polar surface area (TPSA) is 77.5 Å². The highest BCUT2D eigenvalue weighted by Crippen LogP contribution is 2.26. The summed E-state index contributed by atoms with van der Waals surface area (Å²) in [6.07, 6.45) is 0.806. The molecule has 0 amide bonds. The number of nitrogens with zero attached hydrogens (tertiary/aromatic N) is 1. The predicted molar refractivity (Wildman–Crippen MR) is 63.4 cm³/mol. The molecular weight excluding hydrogens is 278 g/mol. The Bertz CT molecular complexity index is 555. The molecule has 0 spiro atoms. The van der Waals surface area contributed by atoms with Crippen LogP contribution in [0.3, 0.4) is 0 Å². The van der Waals surface area contributed by atoms with Crippen LogP contribution in [0.4, 0.5) is 0 Å². The highest BCUT2D eigenvalue weighted by atomic mass is 35.5. The number of carboxylic acid groups (broad SMARTS) is 1. The van der Waals surface area contributed by atoms with E-state index in [-0.39, 0.29) is 17.9 Å². The van der Waals surface area contributed by atoms with Gasteiger partial charge < -0.3 is 9.90 Å². The average Bonchev–Trinajstić information content (AvgIpc) is 2.79. The summed E-state index contributed by atoms with van der Waals surface area (Å²) in [5.74, 6) is -1.36. The van der Waals surface area contributed by atoms with Gasteiger partial charge in [-0.15, -0.1) is 0 Å². The second-order valence-electron chi connectivity index (χ2n) is 4.05. The van der Waals surface area contributed by atoms with Gasteiger partial charge in [0.15, 0.2) is 0 Å². The summed E-state index contributed by atoms with van der Waals surface area (Å²) in [7, 11) is -3.80. The lowest BCUT2D eigenvalue weighted by atomic mass is 10.2. The highest BCUT2D eigenvalue weighted by molar-refractivity contribution is 7.89. The van der Waals surface area contributed by atoms with E-state index in [1.807, 2.05) is 0 Å². The van der Waals surface area contributed by atoms with Crippen LogP contribution < -0.4 is 5.11 Å². The number of carboxylic acids is 1. The molecule has 1 atom stereocenters. The lowest BCUT2D eigenvalue weighted by Crippen LogP contribution is -2.46. The van der Waals surface area contributed by atoms with Gasteiger partial charge in [0, 0.05) is 11.6 Å². The molecule has 0 N–H and O–H groups in total. The molecule has 1 fully saturated rings. The largest absolute Gasteiger partial charge is 0.548 e. The molecule has 5 nitrogen and oxygen atoms in total. The van der Waals surface area contributed by atoms with Crippen molar-refractivity contribution in [3.63, 3.8) is 0 Å². The van der Waals surface area contributed by atoms with Crippen molar-refractivity contribution in [3.05, 3.63) is 29.3 Å². The van der Waals surface area contributed by atoms with Crippen LogP contribution in [0.2, 0.25) is 5.02 Å². The molecule has 1 aliphatic rings. The number of halogens is 1. The summed E-state index contributed by atoms with van der Waals surface area (Å²) in [5.41, 5.74) is 0. The number of aliphatic carboxylic acids is 1. The Kier molecular flexibility index (Phi) is 3.61. The molecule has 1 saturated heterocycles. The van der Waals surface area contributed by atoms with E-state index in [0.717, 1.165) is 4.31 Å². The molecule has 0 saturated carbocycles. The van der Waals surface area contributed by atoms with Gasteiger partial charge in [-0.2, -0.15) is 4.31 Å². The Morgan fingerprint density at radius 1 is 1.33 bits per heavy atom. The first-order valence-electron chi connectivity index (χ1n) is 5.41. The Hall–Kier alpha value is -1.11. The van der Waals surface area contributed by atoms with E-state index >= 15 is 0 Å². The van der Waals surface area contributed by atoms with Crippen molar-refractivity contribution in [2.24, 2.45) is 0 Å². The molecule has 0 bridgehead atoms. The molecule has 2 rings (SSSR count). The predicted octanol–water partition coefficient (Wildman–Crippen LogP) is 0.243. The van der Waals surface area contributed by atoms with Gasteiger partial charge in [-0.3, -0.25) is 0 Å². The second-order valence-corrected chi connectivity index (χ2v) is 6.37. The Balaban J connectivity index is 2.36. The summed E-state index contributed by atoms with van der Waals surface area (Å²) >= 11 is 5.69. The van der Waals surface area contributed by atoms with Crippen LogP contribution in [0, 0.1) is 0 Å². The van der Waals surface area contributed by atoms with Gasteiger partial charge in [0.1, 0.15) is 0 Å². The maximum atomic E-state index is 12.3. The Morgan fingerprint density at radius 2 is 1.94 bits per heavy atom. The number of carbonyl (C=O) groups is 1. The Morgan fingerprint density at radius 3 is 2.50 bits per heavy atom. The molecule has 98 valence electrons. The van der Waals surface area contributed by atoms with Gasteiger partial charge in [0.25, 0.3) is 0 Å². The van der Waals surface area contributed by atoms with Gasteiger partial charge in [0.05, 0.1) is 16.9 Å². The maximum Gasteiger partial charge on any atom is 0.243 e. The zero-order valence-corrected chi connectivity index (χ0v) is 10.9. The molecule has 1 aromatic carbocycles. The van der Waals surface area contributed by atoms with Gasteiger partial charge in [-0.05, 0) is 37.1 Å². The number of rotatable bonds is 3. The van der Waals surface area contributed by atoms with Crippen LogP contribution in [-0.2, 0) is 14.8 Å². The number of sulfonamides is 1. The molecule has 0 aliphatic carbocycles. The quantitative estimate of drug-likeness (QED) is 0.798. The molecule has 0 aromatic heterocycles. The van der Waals surface area contributed by atoms with Gasteiger partial charge in [-0.25, -0.2) is 8.42 Å². The van der Waals surface area contributed by atoms with E-state index < -0.39 is 22.0 Å². The fourth-order valence-corrected chi connectivity index (χ4v) is 3.78. The molecule has 1 aliphatic heterocycles. The van der Waals surface area contributed by atoms with Crippen molar-refractivity contribution in [2.45, 2.75) is 23.8 Å². The zero-order chi connectivity index (χ0) is 13.3. The van der Waals surface area contributed by atoms with E-state index in [1.165, 1.54) is 24.3 Å². The Labute approximate surface area is 110 Å². The summed E-state index contributed by atoms with van der Waals surface area (Å²) in [6, 6.07) is 4.56. The van der Waals surface area contributed by atoms with Crippen molar-refractivity contribution in [1.82, 2.24) is 4.31 Å². The van der Waals surface area contributed by atoms with Crippen LogP contribution in [-0.4, -0.2) is 31.3 Å². The summed E-state index contributed by atoms with van der Waals surface area (Å²) in [5, 5.41) is 11.3. The van der Waals surface area contributed by atoms with E-state index in [1.54, 1.807) is 0 Å². The lowest BCUT2D eigenvalue weighted by molar-refractivity contribution is -0.309. The first kappa shape index (κ1) is 13.3.